The Morgan fingerprint density at radius 1 is 1.23 bits per heavy atom. The molecule has 1 heterocycles. The maximum atomic E-state index is 12.7. The fourth-order valence-electron chi connectivity index (χ4n) is 3.35. The summed E-state index contributed by atoms with van der Waals surface area (Å²) in [5.41, 5.74) is 4.24. The SMILES string of the molecule is CCc1ccc([C@H]2NC(=S)NC3=C2C(=O)CC(C)(C)C3)cc1. The molecule has 1 aromatic carbocycles. The topological polar surface area (TPSA) is 41.1 Å². The third-order valence-electron chi connectivity index (χ3n) is 4.47. The van der Waals surface area contributed by atoms with Crippen molar-refractivity contribution in [2.45, 2.75) is 46.1 Å². The maximum absolute atomic E-state index is 12.7. The molecule has 4 heteroatoms. The van der Waals surface area contributed by atoms with E-state index in [2.05, 4.69) is 55.7 Å². The van der Waals surface area contributed by atoms with Crippen LogP contribution in [0, 0.1) is 5.41 Å². The number of thiocarbonyl (C=S) groups is 1. The number of benzene rings is 1. The van der Waals surface area contributed by atoms with Gasteiger partial charge in [0.1, 0.15) is 0 Å². The quantitative estimate of drug-likeness (QED) is 0.821. The number of rotatable bonds is 2. The van der Waals surface area contributed by atoms with Crippen LogP contribution in [0.25, 0.3) is 0 Å². The maximum Gasteiger partial charge on any atom is 0.171 e. The second-order valence-corrected chi connectivity index (χ2v) is 7.37. The lowest BCUT2D eigenvalue weighted by Gasteiger charge is -2.39. The molecule has 1 aliphatic carbocycles. The first-order valence-electron chi connectivity index (χ1n) is 7.82. The Labute approximate surface area is 137 Å². The molecule has 2 aliphatic rings. The largest absolute Gasteiger partial charge is 0.351 e. The average Bonchev–Trinajstić information content (AvgIpc) is 2.44. The van der Waals surface area contributed by atoms with Crippen molar-refractivity contribution < 1.29 is 4.79 Å². The van der Waals surface area contributed by atoms with Gasteiger partial charge in [0.25, 0.3) is 0 Å². The Morgan fingerprint density at radius 3 is 2.55 bits per heavy atom. The van der Waals surface area contributed by atoms with Crippen LogP contribution in [0.3, 0.4) is 0 Å². The highest BCUT2D eigenvalue weighted by molar-refractivity contribution is 7.80. The fourth-order valence-corrected chi connectivity index (χ4v) is 3.59. The minimum Gasteiger partial charge on any atom is -0.351 e. The molecule has 0 amide bonds. The second kappa shape index (κ2) is 5.51. The number of Topliss-reactive ketones (excluding diaryl/α,β-unsaturated/α-hetero) is 1. The van der Waals surface area contributed by atoms with E-state index in [-0.39, 0.29) is 17.2 Å². The third-order valence-corrected chi connectivity index (χ3v) is 4.69. The molecule has 1 atom stereocenters. The fraction of sp³-hybridized carbons (Fsp3) is 0.444. The number of ketones is 1. The van der Waals surface area contributed by atoms with Gasteiger partial charge in [-0.3, -0.25) is 4.79 Å². The van der Waals surface area contributed by atoms with E-state index in [0.717, 1.165) is 29.7 Å². The first-order valence-corrected chi connectivity index (χ1v) is 8.23. The molecule has 3 rings (SSSR count). The molecule has 3 nitrogen and oxygen atoms in total. The van der Waals surface area contributed by atoms with Gasteiger partial charge in [0.05, 0.1) is 6.04 Å². The van der Waals surface area contributed by atoms with Crippen molar-refractivity contribution in [3.8, 4) is 0 Å². The van der Waals surface area contributed by atoms with E-state index in [9.17, 15) is 4.79 Å². The van der Waals surface area contributed by atoms with Crippen LogP contribution in [0.2, 0.25) is 0 Å². The minimum atomic E-state index is -0.127. The van der Waals surface area contributed by atoms with Crippen LogP contribution in [0.4, 0.5) is 0 Å². The highest BCUT2D eigenvalue weighted by Gasteiger charge is 2.39. The van der Waals surface area contributed by atoms with E-state index in [1.54, 1.807) is 0 Å². The van der Waals surface area contributed by atoms with Crippen molar-refractivity contribution in [1.82, 2.24) is 10.6 Å². The molecule has 0 unspecified atom stereocenters. The van der Waals surface area contributed by atoms with Crippen molar-refractivity contribution in [3.63, 3.8) is 0 Å². The van der Waals surface area contributed by atoms with Gasteiger partial charge >= 0.3 is 0 Å². The van der Waals surface area contributed by atoms with Gasteiger partial charge in [0.2, 0.25) is 0 Å². The van der Waals surface area contributed by atoms with Gasteiger partial charge in [-0.05, 0) is 41.6 Å². The van der Waals surface area contributed by atoms with Crippen molar-refractivity contribution in [1.29, 1.82) is 0 Å². The van der Waals surface area contributed by atoms with Gasteiger partial charge in [-0.1, -0.05) is 45.0 Å². The summed E-state index contributed by atoms with van der Waals surface area (Å²) in [6, 6.07) is 8.32. The minimum absolute atomic E-state index is 0.00745. The van der Waals surface area contributed by atoms with E-state index in [0.29, 0.717) is 11.5 Å². The molecular weight excluding hydrogens is 292 g/mol. The van der Waals surface area contributed by atoms with Crippen molar-refractivity contribution in [2.75, 3.05) is 0 Å². The van der Waals surface area contributed by atoms with Gasteiger partial charge in [-0.25, -0.2) is 0 Å². The summed E-state index contributed by atoms with van der Waals surface area (Å²) in [5.74, 6) is 0.221. The number of nitrogens with one attached hydrogen (secondary N) is 2. The highest BCUT2D eigenvalue weighted by Crippen LogP contribution is 2.41. The average molecular weight is 314 g/mol. The molecule has 0 spiro atoms. The van der Waals surface area contributed by atoms with Crippen LogP contribution in [-0.4, -0.2) is 10.9 Å². The molecule has 1 aliphatic heterocycles. The summed E-state index contributed by atoms with van der Waals surface area (Å²) < 4.78 is 0. The highest BCUT2D eigenvalue weighted by atomic mass is 32.1. The standard InChI is InChI=1S/C18H22N2OS/c1-4-11-5-7-12(8-6-11)16-15-13(19-17(22)20-16)9-18(2,3)10-14(15)21/h5-8,16H,4,9-10H2,1-3H3,(H2,19,20,22)/t16-/m1/s1. The van der Waals surface area contributed by atoms with Gasteiger partial charge in [-0.15, -0.1) is 0 Å². The monoisotopic (exact) mass is 314 g/mol. The van der Waals surface area contributed by atoms with Crippen LogP contribution in [-0.2, 0) is 11.2 Å². The lowest BCUT2D eigenvalue weighted by Crippen LogP contribution is -2.48. The zero-order valence-corrected chi connectivity index (χ0v) is 14.1. The van der Waals surface area contributed by atoms with E-state index in [4.69, 9.17) is 12.2 Å². The number of aryl methyl sites for hydroxylation is 1. The molecule has 116 valence electrons. The number of hydrogen-bond acceptors (Lipinski definition) is 2. The van der Waals surface area contributed by atoms with Crippen LogP contribution in [0.5, 0.6) is 0 Å². The second-order valence-electron chi connectivity index (χ2n) is 6.96. The Morgan fingerprint density at radius 2 is 1.91 bits per heavy atom. The first-order chi connectivity index (χ1) is 10.4. The Bertz CT molecular complexity index is 658. The van der Waals surface area contributed by atoms with Crippen LogP contribution >= 0.6 is 12.2 Å². The summed E-state index contributed by atoms with van der Waals surface area (Å²) in [6.45, 7) is 6.40. The van der Waals surface area contributed by atoms with Crippen molar-refractivity contribution in [2.24, 2.45) is 5.41 Å². The van der Waals surface area contributed by atoms with Gasteiger partial charge in [-0.2, -0.15) is 0 Å². The zero-order chi connectivity index (χ0) is 15.9. The predicted molar refractivity (Wildman–Crippen MR) is 92.5 cm³/mol. The normalized spacial score (nSPS) is 23.7. The van der Waals surface area contributed by atoms with Crippen LogP contribution < -0.4 is 10.6 Å². The smallest absolute Gasteiger partial charge is 0.171 e. The first kappa shape index (κ1) is 15.2. The number of carbonyl (C=O) groups excluding carboxylic acids is 1. The molecule has 0 fully saturated rings. The lowest BCUT2D eigenvalue weighted by molar-refractivity contribution is -0.118. The van der Waals surface area contributed by atoms with Crippen molar-refractivity contribution >= 4 is 23.1 Å². The van der Waals surface area contributed by atoms with Gasteiger partial charge in [0.15, 0.2) is 10.9 Å². The van der Waals surface area contributed by atoms with Crippen molar-refractivity contribution in [3.05, 3.63) is 46.7 Å². The number of hydrogen-bond donors (Lipinski definition) is 2. The molecule has 22 heavy (non-hydrogen) atoms. The van der Waals surface area contributed by atoms with Gasteiger partial charge < -0.3 is 10.6 Å². The predicted octanol–water partition coefficient (Wildman–Crippen LogP) is 3.41. The lowest BCUT2D eigenvalue weighted by atomic mass is 9.73. The Hall–Kier alpha value is -1.68. The molecule has 0 aromatic heterocycles. The summed E-state index contributed by atoms with van der Waals surface area (Å²) in [4.78, 5) is 12.7. The zero-order valence-electron chi connectivity index (χ0n) is 13.3. The summed E-state index contributed by atoms with van der Waals surface area (Å²) in [5, 5.41) is 7.08. The van der Waals surface area contributed by atoms with Crippen LogP contribution in [0.1, 0.15) is 50.8 Å². The Balaban J connectivity index is 2.02. The number of carbonyl (C=O) groups is 1. The van der Waals surface area contributed by atoms with Crippen LogP contribution in [0.15, 0.2) is 35.5 Å². The Kier molecular flexibility index (Phi) is 3.81. The molecule has 1 aromatic rings. The van der Waals surface area contributed by atoms with E-state index >= 15 is 0 Å². The molecule has 0 radical (unpaired) electrons. The summed E-state index contributed by atoms with van der Waals surface area (Å²) in [7, 11) is 0. The summed E-state index contributed by atoms with van der Waals surface area (Å²) >= 11 is 5.35. The molecule has 0 saturated carbocycles. The third kappa shape index (κ3) is 2.80. The molecule has 2 N–H and O–H groups in total. The van der Waals surface area contributed by atoms with Gasteiger partial charge in [0, 0.05) is 17.7 Å². The molecular formula is C18H22N2OS. The number of allylic oxidation sites excluding steroid dienone is 1. The molecule has 0 bridgehead atoms. The molecule has 0 saturated heterocycles. The van der Waals surface area contributed by atoms with E-state index in [1.807, 2.05) is 0 Å². The van der Waals surface area contributed by atoms with E-state index < -0.39 is 0 Å². The van der Waals surface area contributed by atoms with E-state index in [1.165, 1.54) is 5.56 Å². The summed E-state index contributed by atoms with van der Waals surface area (Å²) in [6.07, 6.45) is 2.46.